The molecule has 0 aliphatic carbocycles. The molecule has 2 aromatic carbocycles. The van der Waals surface area contributed by atoms with Crippen molar-refractivity contribution in [1.29, 1.82) is 0 Å². The summed E-state index contributed by atoms with van der Waals surface area (Å²) in [6, 6.07) is 14.9. The highest BCUT2D eigenvalue weighted by Crippen LogP contribution is 2.03. The largest absolute Gasteiger partial charge is 0.508 e. The van der Waals surface area contributed by atoms with E-state index in [-0.39, 0.29) is 10.9 Å². The molecule has 0 heterocycles. The molecule has 0 atom stereocenters. The molecule has 2 aromatic rings. The van der Waals surface area contributed by atoms with Gasteiger partial charge >= 0.3 is 9.28 Å². The molecule has 0 saturated heterocycles. The van der Waals surface area contributed by atoms with Gasteiger partial charge in [-0.25, -0.2) is 0 Å². The third-order valence-corrected chi connectivity index (χ3v) is 3.02. The second-order valence-corrected chi connectivity index (χ2v) is 4.64. The van der Waals surface area contributed by atoms with Crippen molar-refractivity contribution in [3.63, 3.8) is 0 Å². The van der Waals surface area contributed by atoms with Gasteiger partial charge in [0.1, 0.15) is 11.5 Å². The number of rotatable bonds is 1. The SMILES string of the molecule is Oc1ccccc1.Oc1ccccc1[SiH](O)O. The number of aromatic hydroxyl groups is 2. The average molecular weight is 250 g/mol. The summed E-state index contributed by atoms with van der Waals surface area (Å²) in [5.74, 6) is 0.284. The van der Waals surface area contributed by atoms with Crippen LogP contribution in [-0.2, 0) is 0 Å². The maximum Gasteiger partial charge on any atom is 0.354 e. The second kappa shape index (κ2) is 6.69. The van der Waals surface area contributed by atoms with Gasteiger partial charge in [0.25, 0.3) is 0 Å². The fraction of sp³-hybridized carbons (Fsp3) is 0. The Morgan fingerprint density at radius 1 is 0.706 bits per heavy atom. The van der Waals surface area contributed by atoms with Crippen LogP contribution in [0.1, 0.15) is 0 Å². The normalized spacial score (nSPS) is 9.59. The van der Waals surface area contributed by atoms with Crippen LogP contribution in [0.4, 0.5) is 0 Å². The molecule has 0 saturated carbocycles. The average Bonchev–Trinajstić information content (AvgIpc) is 2.31. The van der Waals surface area contributed by atoms with Crippen LogP contribution in [0.3, 0.4) is 0 Å². The summed E-state index contributed by atoms with van der Waals surface area (Å²) in [6.45, 7) is 0. The Labute approximate surface area is 101 Å². The first-order chi connectivity index (χ1) is 8.11. The number of phenols is 2. The Morgan fingerprint density at radius 3 is 1.59 bits per heavy atom. The van der Waals surface area contributed by atoms with Gasteiger partial charge < -0.3 is 19.8 Å². The number of para-hydroxylation sites is 2. The Morgan fingerprint density at radius 2 is 1.24 bits per heavy atom. The minimum Gasteiger partial charge on any atom is -0.508 e. The first-order valence-electron chi connectivity index (χ1n) is 4.99. The molecule has 0 fully saturated rings. The van der Waals surface area contributed by atoms with E-state index in [9.17, 15) is 0 Å². The van der Waals surface area contributed by atoms with Gasteiger partial charge in [-0.3, -0.25) is 0 Å². The lowest BCUT2D eigenvalue weighted by atomic mass is 10.3. The zero-order valence-electron chi connectivity index (χ0n) is 9.06. The van der Waals surface area contributed by atoms with E-state index < -0.39 is 9.28 Å². The van der Waals surface area contributed by atoms with Crippen LogP contribution in [0.25, 0.3) is 0 Å². The fourth-order valence-corrected chi connectivity index (χ4v) is 1.78. The molecule has 0 aromatic heterocycles. The van der Waals surface area contributed by atoms with Gasteiger partial charge in [0.15, 0.2) is 0 Å². The lowest BCUT2D eigenvalue weighted by molar-refractivity contribution is 0.419. The van der Waals surface area contributed by atoms with Gasteiger partial charge in [0.05, 0.1) is 0 Å². The number of hydrogen-bond acceptors (Lipinski definition) is 4. The molecule has 0 amide bonds. The first-order valence-corrected chi connectivity index (χ1v) is 6.60. The molecule has 4 nitrogen and oxygen atoms in total. The van der Waals surface area contributed by atoms with Crippen molar-refractivity contribution in [2.24, 2.45) is 0 Å². The molecular weight excluding hydrogens is 236 g/mol. The van der Waals surface area contributed by atoms with E-state index in [4.69, 9.17) is 19.8 Å². The molecule has 90 valence electrons. The number of phenolic OH excluding ortho intramolecular Hbond substituents is 2. The van der Waals surface area contributed by atoms with Crippen molar-refractivity contribution in [1.82, 2.24) is 0 Å². The van der Waals surface area contributed by atoms with E-state index >= 15 is 0 Å². The summed E-state index contributed by atoms with van der Waals surface area (Å²) >= 11 is 0. The van der Waals surface area contributed by atoms with Crippen molar-refractivity contribution in [3.8, 4) is 11.5 Å². The van der Waals surface area contributed by atoms with Crippen molar-refractivity contribution in [2.45, 2.75) is 0 Å². The molecule has 2 rings (SSSR count). The maximum atomic E-state index is 9.00. The molecule has 0 radical (unpaired) electrons. The summed E-state index contributed by atoms with van der Waals surface area (Å²) in [5.41, 5.74) is 0. The van der Waals surface area contributed by atoms with Crippen LogP contribution in [0.2, 0.25) is 0 Å². The highest BCUT2D eigenvalue weighted by molar-refractivity contribution is 6.59. The van der Waals surface area contributed by atoms with Gasteiger partial charge in [-0.15, -0.1) is 0 Å². The van der Waals surface area contributed by atoms with E-state index in [2.05, 4.69) is 0 Å². The van der Waals surface area contributed by atoms with E-state index in [1.807, 2.05) is 6.07 Å². The first kappa shape index (κ1) is 13.2. The zero-order chi connectivity index (χ0) is 12.7. The maximum absolute atomic E-state index is 9.00. The highest BCUT2D eigenvalue weighted by Gasteiger charge is 2.09. The molecule has 5 heteroatoms. The summed E-state index contributed by atoms with van der Waals surface area (Å²) < 4.78 is 0. The Bertz CT molecular complexity index is 445. The third kappa shape index (κ3) is 4.69. The Kier molecular flexibility index (Phi) is 5.21. The molecule has 0 unspecified atom stereocenters. The van der Waals surface area contributed by atoms with Crippen LogP contribution in [-0.4, -0.2) is 29.1 Å². The second-order valence-electron chi connectivity index (χ2n) is 3.27. The third-order valence-electron chi connectivity index (χ3n) is 1.97. The smallest absolute Gasteiger partial charge is 0.354 e. The van der Waals surface area contributed by atoms with Crippen molar-refractivity contribution < 1.29 is 19.8 Å². The zero-order valence-corrected chi connectivity index (χ0v) is 10.2. The quantitative estimate of drug-likeness (QED) is 0.545. The van der Waals surface area contributed by atoms with Crippen molar-refractivity contribution >= 4 is 14.5 Å². The Hall–Kier alpha value is -1.82. The number of benzene rings is 2. The van der Waals surface area contributed by atoms with E-state index in [0.29, 0.717) is 5.75 Å². The fourth-order valence-electron chi connectivity index (χ4n) is 1.13. The molecule has 0 bridgehead atoms. The standard InChI is InChI=1S/C6H8O3Si.C6H6O/c7-5-3-1-2-4-6(5)10(8)9;7-6-4-2-1-3-5-6/h1-4,7-10H;1-5,7H. The predicted octanol–water partition coefficient (Wildman–Crippen LogP) is 0.196. The molecular formula is C12H14O4Si. The topological polar surface area (TPSA) is 80.9 Å². The minimum absolute atomic E-state index is 0.0378. The molecule has 17 heavy (non-hydrogen) atoms. The van der Waals surface area contributed by atoms with Crippen LogP contribution < -0.4 is 5.19 Å². The van der Waals surface area contributed by atoms with E-state index in [0.717, 1.165) is 0 Å². The van der Waals surface area contributed by atoms with Crippen LogP contribution in [0, 0.1) is 0 Å². The Balaban J connectivity index is 0.000000181. The predicted molar refractivity (Wildman–Crippen MR) is 67.4 cm³/mol. The van der Waals surface area contributed by atoms with Gasteiger partial charge in [-0.1, -0.05) is 36.4 Å². The van der Waals surface area contributed by atoms with Crippen LogP contribution in [0.15, 0.2) is 54.6 Å². The molecule has 0 aliphatic rings. The van der Waals surface area contributed by atoms with Gasteiger partial charge in [-0.2, -0.15) is 0 Å². The van der Waals surface area contributed by atoms with Crippen molar-refractivity contribution in [3.05, 3.63) is 54.6 Å². The van der Waals surface area contributed by atoms with Crippen LogP contribution >= 0.6 is 0 Å². The summed E-state index contributed by atoms with van der Waals surface area (Å²) in [4.78, 5) is 17.5. The van der Waals surface area contributed by atoms with Crippen molar-refractivity contribution in [2.75, 3.05) is 0 Å². The molecule has 0 spiro atoms. The molecule has 0 aliphatic heterocycles. The van der Waals surface area contributed by atoms with Gasteiger partial charge in [-0.05, 0) is 18.2 Å². The summed E-state index contributed by atoms with van der Waals surface area (Å²) in [5, 5.41) is 17.9. The highest BCUT2D eigenvalue weighted by atomic mass is 28.3. The minimum atomic E-state index is -2.82. The van der Waals surface area contributed by atoms with Crippen LogP contribution in [0.5, 0.6) is 11.5 Å². The monoisotopic (exact) mass is 250 g/mol. The van der Waals surface area contributed by atoms with E-state index in [1.165, 1.54) is 12.1 Å². The van der Waals surface area contributed by atoms with E-state index in [1.54, 1.807) is 36.4 Å². The lowest BCUT2D eigenvalue weighted by Crippen LogP contribution is -2.29. The molecule has 4 N–H and O–H groups in total. The lowest BCUT2D eigenvalue weighted by Gasteiger charge is -2.01. The van der Waals surface area contributed by atoms with Gasteiger partial charge in [0, 0.05) is 5.19 Å². The number of hydrogen-bond donors (Lipinski definition) is 4. The summed E-state index contributed by atoms with van der Waals surface area (Å²) in [7, 11) is -2.82. The summed E-state index contributed by atoms with van der Waals surface area (Å²) in [6.07, 6.45) is 0. The van der Waals surface area contributed by atoms with Gasteiger partial charge in [0.2, 0.25) is 0 Å².